The zero-order valence-corrected chi connectivity index (χ0v) is 65.9. The predicted octanol–water partition coefficient (Wildman–Crippen LogP) is 23.5. The molecular formula is C79H154O17P2. The second-order valence-corrected chi connectivity index (χ2v) is 32.3. The molecule has 19 heteroatoms. The standard InChI is InChI=1S/C79H154O17P2/c1-7-9-11-13-15-17-19-21-23-27-30-37-43-49-55-61-76(81)89-67-74(95-79(84)64-58-52-46-40-32-28-24-25-29-35-41-47-53-59-71(3)4)69-93-97(85,86)91-65-73(80)66-92-98(87,88)94-70-75(68-90-77(82)62-56-50-44-38-34-33-36-42-48-54-60-72(5)6)96-78(83)63-57-51-45-39-31-26-22-20-18-16-14-12-10-8-2/h71-75,80H,7-70H2,1-6H3,(H,85,86)(H,87,88)/t73-,74-,75-/m1/s1. The van der Waals surface area contributed by atoms with E-state index < -0.39 is 97.5 Å². The number of carbonyl (C=O) groups excluding carboxylic acids is 4. The first kappa shape index (κ1) is 96.1. The molecule has 0 saturated heterocycles. The summed E-state index contributed by atoms with van der Waals surface area (Å²) in [6.07, 6.45) is 59.4. The van der Waals surface area contributed by atoms with Crippen LogP contribution in [0.25, 0.3) is 0 Å². The van der Waals surface area contributed by atoms with Crippen LogP contribution in [0.3, 0.4) is 0 Å². The minimum absolute atomic E-state index is 0.108. The van der Waals surface area contributed by atoms with Gasteiger partial charge in [-0.25, -0.2) is 9.13 Å². The van der Waals surface area contributed by atoms with E-state index in [0.717, 1.165) is 102 Å². The normalized spacial score (nSPS) is 13.9. The molecule has 0 amide bonds. The highest BCUT2D eigenvalue weighted by Gasteiger charge is 2.30. The van der Waals surface area contributed by atoms with Gasteiger partial charge in [-0.15, -0.1) is 0 Å². The second kappa shape index (κ2) is 70.7. The Morgan fingerprint density at radius 2 is 0.469 bits per heavy atom. The van der Waals surface area contributed by atoms with Crippen molar-refractivity contribution < 1.29 is 80.2 Å². The van der Waals surface area contributed by atoms with Gasteiger partial charge in [-0.05, 0) is 37.5 Å². The summed E-state index contributed by atoms with van der Waals surface area (Å²) in [5.41, 5.74) is 0. The largest absolute Gasteiger partial charge is 0.472 e. The molecule has 0 aromatic heterocycles. The Bertz CT molecular complexity index is 1890. The number of aliphatic hydroxyl groups excluding tert-OH is 1. The molecule has 0 aromatic carbocycles. The molecule has 0 aromatic rings. The van der Waals surface area contributed by atoms with Crippen LogP contribution in [0.1, 0.15) is 414 Å². The second-order valence-electron chi connectivity index (χ2n) is 29.4. The minimum Gasteiger partial charge on any atom is -0.462 e. The van der Waals surface area contributed by atoms with Gasteiger partial charge < -0.3 is 33.8 Å². The molecule has 0 bridgehead atoms. The number of phosphoric ester groups is 2. The number of esters is 4. The molecule has 0 radical (unpaired) electrons. The number of hydrogen-bond acceptors (Lipinski definition) is 15. The molecule has 0 rings (SSSR count). The molecule has 0 spiro atoms. The van der Waals surface area contributed by atoms with Crippen molar-refractivity contribution in [2.75, 3.05) is 39.6 Å². The number of phosphoric acid groups is 2. The first-order valence-corrected chi connectivity index (χ1v) is 44.0. The third kappa shape index (κ3) is 72.4. The summed E-state index contributed by atoms with van der Waals surface area (Å²) in [5, 5.41) is 10.6. The van der Waals surface area contributed by atoms with Crippen molar-refractivity contribution in [2.24, 2.45) is 11.8 Å². The molecule has 0 fully saturated rings. The van der Waals surface area contributed by atoms with E-state index in [9.17, 15) is 43.2 Å². The van der Waals surface area contributed by atoms with Crippen LogP contribution in [0, 0.1) is 11.8 Å². The summed E-state index contributed by atoms with van der Waals surface area (Å²) in [5.74, 6) is -0.563. The van der Waals surface area contributed by atoms with Crippen LogP contribution in [0.15, 0.2) is 0 Å². The van der Waals surface area contributed by atoms with E-state index in [1.807, 2.05) is 0 Å². The van der Waals surface area contributed by atoms with E-state index in [-0.39, 0.29) is 25.7 Å². The number of rotatable bonds is 78. The Morgan fingerprint density at radius 3 is 0.694 bits per heavy atom. The van der Waals surface area contributed by atoms with Gasteiger partial charge >= 0.3 is 39.5 Å². The van der Waals surface area contributed by atoms with Crippen molar-refractivity contribution in [3.8, 4) is 0 Å². The molecule has 98 heavy (non-hydrogen) atoms. The summed E-state index contributed by atoms with van der Waals surface area (Å²) in [6.45, 7) is 9.64. The number of hydrogen-bond donors (Lipinski definition) is 3. The van der Waals surface area contributed by atoms with Gasteiger partial charge in [-0.1, -0.05) is 363 Å². The lowest BCUT2D eigenvalue weighted by atomic mass is 10.0. The van der Waals surface area contributed by atoms with Crippen molar-refractivity contribution in [2.45, 2.75) is 432 Å². The van der Waals surface area contributed by atoms with Crippen LogP contribution in [-0.4, -0.2) is 96.7 Å². The first-order valence-electron chi connectivity index (χ1n) is 41.0. The molecule has 2 unspecified atom stereocenters. The molecule has 17 nitrogen and oxygen atoms in total. The fourth-order valence-corrected chi connectivity index (χ4v) is 13.8. The lowest BCUT2D eigenvalue weighted by Crippen LogP contribution is -2.30. The Hall–Kier alpha value is -1.94. The molecule has 0 aliphatic carbocycles. The fraction of sp³-hybridized carbons (Fsp3) is 0.949. The average molecular weight is 1440 g/mol. The van der Waals surface area contributed by atoms with Crippen LogP contribution in [-0.2, 0) is 65.4 Å². The third-order valence-electron chi connectivity index (χ3n) is 18.5. The molecule has 582 valence electrons. The van der Waals surface area contributed by atoms with Crippen LogP contribution < -0.4 is 0 Å². The van der Waals surface area contributed by atoms with Gasteiger partial charge in [0.05, 0.1) is 26.4 Å². The number of ether oxygens (including phenoxy) is 4. The zero-order valence-electron chi connectivity index (χ0n) is 64.1. The van der Waals surface area contributed by atoms with Crippen molar-refractivity contribution in [1.29, 1.82) is 0 Å². The van der Waals surface area contributed by atoms with Gasteiger partial charge in [-0.3, -0.25) is 37.3 Å². The van der Waals surface area contributed by atoms with Crippen molar-refractivity contribution >= 4 is 39.5 Å². The highest BCUT2D eigenvalue weighted by Crippen LogP contribution is 2.45. The Balaban J connectivity index is 5.27. The van der Waals surface area contributed by atoms with Crippen molar-refractivity contribution in [1.82, 2.24) is 0 Å². The SMILES string of the molecule is CCCCCCCCCCCCCCCCCC(=O)OC[C@H](COP(=O)(O)OC[C@@H](O)COP(=O)(O)OC[C@@H](COC(=O)CCCCCCCCCCCCC(C)C)OC(=O)CCCCCCCCCCCCCCCC)OC(=O)CCCCCCCCCCCCCCCC(C)C. The van der Waals surface area contributed by atoms with E-state index in [2.05, 4.69) is 41.5 Å². The van der Waals surface area contributed by atoms with Crippen LogP contribution in [0.5, 0.6) is 0 Å². The maximum atomic E-state index is 13.1. The average Bonchev–Trinajstić information content (AvgIpc) is 1.01. The maximum absolute atomic E-state index is 13.1. The van der Waals surface area contributed by atoms with Gasteiger partial charge in [0.1, 0.15) is 19.3 Å². The lowest BCUT2D eigenvalue weighted by Gasteiger charge is -2.21. The third-order valence-corrected chi connectivity index (χ3v) is 20.4. The first-order chi connectivity index (χ1) is 47.4. The van der Waals surface area contributed by atoms with Crippen LogP contribution in [0.4, 0.5) is 0 Å². The Labute approximate surface area is 600 Å². The highest BCUT2D eigenvalue weighted by molar-refractivity contribution is 7.47. The van der Waals surface area contributed by atoms with Gasteiger partial charge in [0.2, 0.25) is 0 Å². The van der Waals surface area contributed by atoms with E-state index in [1.165, 1.54) is 231 Å². The number of unbranched alkanes of at least 4 members (excludes halogenated alkanes) is 48. The van der Waals surface area contributed by atoms with Crippen molar-refractivity contribution in [3.05, 3.63) is 0 Å². The van der Waals surface area contributed by atoms with Crippen LogP contribution in [0.2, 0.25) is 0 Å². The van der Waals surface area contributed by atoms with Gasteiger partial charge in [0.25, 0.3) is 0 Å². The van der Waals surface area contributed by atoms with Gasteiger partial charge in [0, 0.05) is 25.7 Å². The summed E-state index contributed by atoms with van der Waals surface area (Å²) >= 11 is 0. The quantitative estimate of drug-likeness (QED) is 0.0222. The molecule has 0 aliphatic heterocycles. The van der Waals surface area contributed by atoms with E-state index in [4.69, 9.17) is 37.0 Å². The molecule has 0 saturated carbocycles. The van der Waals surface area contributed by atoms with Crippen LogP contribution >= 0.6 is 15.6 Å². The van der Waals surface area contributed by atoms with E-state index in [0.29, 0.717) is 25.7 Å². The van der Waals surface area contributed by atoms with E-state index in [1.54, 1.807) is 0 Å². The van der Waals surface area contributed by atoms with Crippen molar-refractivity contribution in [3.63, 3.8) is 0 Å². The fourth-order valence-electron chi connectivity index (χ4n) is 12.2. The van der Waals surface area contributed by atoms with Gasteiger partial charge in [-0.2, -0.15) is 0 Å². The number of aliphatic hydroxyl groups is 1. The summed E-state index contributed by atoms with van der Waals surface area (Å²) in [4.78, 5) is 73.0. The summed E-state index contributed by atoms with van der Waals surface area (Å²) in [7, 11) is -9.92. The van der Waals surface area contributed by atoms with Gasteiger partial charge in [0.15, 0.2) is 12.2 Å². The smallest absolute Gasteiger partial charge is 0.462 e. The topological polar surface area (TPSA) is 237 Å². The molecule has 0 heterocycles. The monoisotopic (exact) mass is 1440 g/mol. The Kier molecular flexibility index (Phi) is 69.3. The zero-order chi connectivity index (χ0) is 72.1. The molecular weight excluding hydrogens is 1280 g/mol. The maximum Gasteiger partial charge on any atom is 0.472 e. The number of carbonyl (C=O) groups is 4. The Morgan fingerprint density at radius 1 is 0.276 bits per heavy atom. The minimum atomic E-state index is -4.96. The summed E-state index contributed by atoms with van der Waals surface area (Å²) < 4.78 is 68.7. The predicted molar refractivity (Wildman–Crippen MR) is 400 cm³/mol. The molecule has 3 N–H and O–H groups in total. The highest BCUT2D eigenvalue weighted by atomic mass is 31.2. The molecule has 5 atom stereocenters. The summed E-state index contributed by atoms with van der Waals surface area (Å²) in [6, 6.07) is 0. The molecule has 0 aliphatic rings. The van der Waals surface area contributed by atoms with E-state index >= 15 is 0 Å². The lowest BCUT2D eigenvalue weighted by molar-refractivity contribution is -0.161.